The summed E-state index contributed by atoms with van der Waals surface area (Å²) in [7, 11) is 3.86. The molecule has 0 amide bonds. The van der Waals surface area contributed by atoms with Crippen LogP contribution >= 0.6 is 24.0 Å². The van der Waals surface area contributed by atoms with Crippen molar-refractivity contribution in [3.8, 4) is 0 Å². The van der Waals surface area contributed by atoms with Crippen LogP contribution in [0.3, 0.4) is 0 Å². The fourth-order valence-corrected chi connectivity index (χ4v) is 3.78. The van der Waals surface area contributed by atoms with Crippen molar-refractivity contribution in [2.45, 2.75) is 58.5 Å². The zero-order valence-electron chi connectivity index (χ0n) is 17.3. The Morgan fingerprint density at radius 3 is 2.58 bits per heavy atom. The molecule has 0 spiro atoms. The number of halogens is 1. The third-order valence-electron chi connectivity index (χ3n) is 5.10. The maximum absolute atomic E-state index is 4.49. The number of guanidine groups is 1. The molecule has 6 nitrogen and oxygen atoms in total. The predicted molar refractivity (Wildman–Crippen MR) is 121 cm³/mol. The molecule has 2 rings (SSSR count). The number of likely N-dealkylation sites (tertiary alicyclic amines) is 1. The number of nitrogens with one attached hydrogen (secondary N) is 1. The largest absolute Gasteiger partial charge is 0.356 e. The van der Waals surface area contributed by atoms with Gasteiger partial charge in [-0.05, 0) is 46.1 Å². The monoisotopic (exact) mass is 476 g/mol. The molecule has 1 aromatic rings. The highest BCUT2D eigenvalue weighted by atomic mass is 127. The fourth-order valence-electron chi connectivity index (χ4n) is 3.78. The van der Waals surface area contributed by atoms with Crippen molar-refractivity contribution in [1.29, 1.82) is 0 Å². The minimum atomic E-state index is 0. The van der Waals surface area contributed by atoms with Gasteiger partial charge in [-0.2, -0.15) is 5.10 Å². The molecule has 0 aliphatic carbocycles. The van der Waals surface area contributed by atoms with Crippen molar-refractivity contribution < 1.29 is 0 Å². The molecule has 0 aromatic carbocycles. The van der Waals surface area contributed by atoms with Crippen LogP contribution in [-0.4, -0.2) is 70.9 Å². The molecule has 1 aromatic heterocycles. The second-order valence-corrected chi connectivity index (χ2v) is 7.63. The Kier molecular flexibility index (Phi) is 9.92. The maximum Gasteiger partial charge on any atom is 0.193 e. The Morgan fingerprint density at radius 1 is 1.35 bits per heavy atom. The van der Waals surface area contributed by atoms with Crippen LogP contribution in [0.15, 0.2) is 17.4 Å². The average Bonchev–Trinajstić information content (AvgIpc) is 3.19. The molecule has 1 fully saturated rings. The van der Waals surface area contributed by atoms with Crippen LogP contribution in [0.2, 0.25) is 0 Å². The summed E-state index contributed by atoms with van der Waals surface area (Å²) in [6, 6.07) is 1.19. The second-order valence-electron chi connectivity index (χ2n) is 7.63. The van der Waals surface area contributed by atoms with Gasteiger partial charge in [-0.15, -0.1) is 24.0 Å². The number of aromatic nitrogens is 2. The highest BCUT2D eigenvalue weighted by molar-refractivity contribution is 14.0. The van der Waals surface area contributed by atoms with Crippen LogP contribution in [0, 0.1) is 0 Å². The van der Waals surface area contributed by atoms with Gasteiger partial charge in [-0.3, -0.25) is 14.6 Å². The van der Waals surface area contributed by atoms with Gasteiger partial charge in [0, 0.05) is 64.5 Å². The molecule has 7 heteroatoms. The smallest absolute Gasteiger partial charge is 0.193 e. The summed E-state index contributed by atoms with van der Waals surface area (Å²) < 4.78 is 1.89. The average molecular weight is 476 g/mol. The van der Waals surface area contributed by atoms with E-state index in [1.807, 2.05) is 25.0 Å². The van der Waals surface area contributed by atoms with E-state index >= 15 is 0 Å². The second kappa shape index (κ2) is 11.1. The van der Waals surface area contributed by atoms with Crippen molar-refractivity contribution >= 4 is 29.9 Å². The topological polar surface area (TPSA) is 48.7 Å². The molecule has 150 valence electrons. The number of aryl methyl sites for hydroxylation is 1. The van der Waals surface area contributed by atoms with Gasteiger partial charge in [-0.1, -0.05) is 0 Å². The number of hydrogen-bond donors (Lipinski definition) is 1. The molecule has 26 heavy (non-hydrogen) atoms. The molecule has 1 N–H and O–H groups in total. The van der Waals surface area contributed by atoms with Gasteiger partial charge in [0.15, 0.2) is 5.96 Å². The van der Waals surface area contributed by atoms with E-state index in [1.165, 1.54) is 12.0 Å². The highest BCUT2D eigenvalue weighted by Gasteiger charge is 2.26. The van der Waals surface area contributed by atoms with E-state index in [9.17, 15) is 0 Å². The Balaban J connectivity index is 0.00000338. The van der Waals surface area contributed by atoms with Crippen LogP contribution in [0.5, 0.6) is 0 Å². The van der Waals surface area contributed by atoms with Gasteiger partial charge in [0.1, 0.15) is 0 Å². The van der Waals surface area contributed by atoms with Crippen LogP contribution in [0.4, 0.5) is 0 Å². The summed E-state index contributed by atoms with van der Waals surface area (Å²) in [6.07, 6.45) is 6.43. The Labute approximate surface area is 176 Å². The zero-order chi connectivity index (χ0) is 18.4. The van der Waals surface area contributed by atoms with Gasteiger partial charge < -0.3 is 10.2 Å². The van der Waals surface area contributed by atoms with E-state index in [4.69, 9.17) is 0 Å². The Hall–Kier alpha value is -0.830. The van der Waals surface area contributed by atoms with Gasteiger partial charge in [0.25, 0.3) is 0 Å². The first kappa shape index (κ1) is 23.2. The van der Waals surface area contributed by atoms with Gasteiger partial charge >= 0.3 is 0 Å². The third kappa shape index (κ3) is 6.40. The third-order valence-corrected chi connectivity index (χ3v) is 5.10. The lowest BCUT2D eigenvalue weighted by Gasteiger charge is -2.30. The number of aliphatic imine (C=N–C) groups is 1. The minimum absolute atomic E-state index is 0. The van der Waals surface area contributed by atoms with E-state index in [0.29, 0.717) is 18.0 Å². The molecule has 0 bridgehead atoms. The van der Waals surface area contributed by atoms with Crippen LogP contribution in [0.25, 0.3) is 0 Å². The molecule has 1 saturated heterocycles. The number of hydrogen-bond acceptors (Lipinski definition) is 3. The van der Waals surface area contributed by atoms with Crippen LogP contribution in [-0.2, 0) is 7.05 Å². The van der Waals surface area contributed by atoms with Crippen molar-refractivity contribution in [1.82, 2.24) is 24.9 Å². The first-order valence-corrected chi connectivity index (χ1v) is 9.62. The van der Waals surface area contributed by atoms with Crippen molar-refractivity contribution in [2.24, 2.45) is 12.0 Å². The van der Waals surface area contributed by atoms with E-state index in [0.717, 1.165) is 38.6 Å². The summed E-state index contributed by atoms with van der Waals surface area (Å²) >= 11 is 0. The standard InChI is InChI=1S/C19H36N6.HI/c1-15(2)25(16(3)4)10-7-9-21-19(20-5)24-11-8-17(14-24)18-12-22-23(6)13-18;/h12-13,15-17H,7-11,14H2,1-6H3,(H,20,21);1H. The fraction of sp³-hybridized carbons (Fsp3) is 0.789. The molecule has 2 heterocycles. The molecule has 0 radical (unpaired) electrons. The minimum Gasteiger partial charge on any atom is -0.356 e. The molecule has 1 atom stereocenters. The summed E-state index contributed by atoms with van der Waals surface area (Å²) in [6.45, 7) is 13.3. The van der Waals surface area contributed by atoms with Crippen molar-refractivity contribution in [3.63, 3.8) is 0 Å². The van der Waals surface area contributed by atoms with E-state index < -0.39 is 0 Å². The molecule has 0 saturated carbocycles. The maximum atomic E-state index is 4.49. The highest BCUT2D eigenvalue weighted by Crippen LogP contribution is 2.26. The van der Waals surface area contributed by atoms with Crippen molar-refractivity contribution in [3.05, 3.63) is 18.0 Å². The van der Waals surface area contributed by atoms with Gasteiger partial charge in [0.2, 0.25) is 0 Å². The summed E-state index contributed by atoms with van der Waals surface area (Å²) in [5.41, 5.74) is 1.34. The van der Waals surface area contributed by atoms with Crippen LogP contribution in [0.1, 0.15) is 52.0 Å². The van der Waals surface area contributed by atoms with Crippen molar-refractivity contribution in [2.75, 3.05) is 33.2 Å². The van der Waals surface area contributed by atoms with E-state index in [1.54, 1.807) is 0 Å². The summed E-state index contributed by atoms with van der Waals surface area (Å²) in [5.74, 6) is 1.59. The molecular weight excluding hydrogens is 439 g/mol. The molecular formula is C19H37IN6. The normalized spacial score (nSPS) is 18.1. The van der Waals surface area contributed by atoms with Gasteiger partial charge in [-0.25, -0.2) is 0 Å². The lowest BCUT2D eigenvalue weighted by Crippen LogP contribution is -2.42. The van der Waals surface area contributed by atoms with E-state index in [2.05, 4.69) is 59.1 Å². The van der Waals surface area contributed by atoms with E-state index in [-0.39, 0.29) is 24.0 Å². The molecule has 1 aliphatic rings. The molecule has 1 aliphatic heterocycles. The van der Waals surface area contributed by atoms with Crippen LogP contribution < -0.4 is 5.32 Å². The lowest BCUT2D eigenvalue weighted by atomic mass is 10.0. The quantitative estimate of drug-likeness (QED) is 0.285. The first-order valence-electron chi connectivity index (χ1n) is 9.62. The lowest BCUT2D eigenvalue weighted by molar-refractivity contribution is 0.173. The SMILES string of the molecule is CN=C(NCCCN(C(C)C)C(C)C)N1CCC(c2cnn(C)c2)C1.I. The number of rotatable bonds is 7. The Bertz CT molecular complexity index is 546. The molecule has 1 unspecified atom stereocenters. The predicted octanol–water partition coefficient (Wildman–Crippen LogP) is 2.91. The van der Waals surface area contributed by atoms with Gasteiger partial charge in [0.05, 0.1) is 6.20 Å². The zero-order valence-corrected chi connectivity index (χ0v) is 19.6. The summed E-state index contributed by atoms with van der Waals surface area (Å²) in [4.78, 5) is 9.40. The number of nitrogens with zero attached hydrogens (tertiary/aromatic N) is 5. The Morgan fingerprint density at radius 2 is 2.04 bits per heavy atom. The summed E-state index contributed by atoms with van der Waals surface area (Å²) in [5, 5.41) is 7.85. The first-order chi connectivity index (χ1) is 11.9.